The number of hydrogen-bond acceptors (Lipinski definition) is 4. The number of rotatable bonds is 6. The van der Waals surface area contributed by atoms with Crippen LogP contribution in [0.3, 0.4) is 0 Å². The van der Waals surface area contributed by atoms with Crippen molar-refractivity contribution >= 4 is 5.91 Å². The highest BCUT2D eigenvalue weighted by Crippen LogP contribution is 2.15. The Morgan fingerprint density at radius 3 is 2.80 bits per heavy atom. The quantitative estimate of drug-likeness (QED) is 0.750. The van der Waals surface area contributed by atoms with E-state index in [0.717, 1.165) is 23.5 Å². The summed E-state index contributed by atoms with van der Waals surface area (Å²) in [5.74, 6) is -0.123. The maximum absolute atomic E-state index is 12.6. The van der Waals surface area contributed by atoms with Crippen LogP contribution in [0.15, 0.2) is 61.3 Å². The van der Waals surface area contributed by atoms with Gasteiger partial charge in [-0.25, -0.2) is 4.98 Å². The molecule has 2 aromatic heterocycles. The van der Waals surface area contributed by atoms with Crippen molar-refractivity contribution in [2.24, 2.45) is 0 Å². The molecule has 128 valence electrons. The molecule has 1 aromatic carbocycles. The third-order valence-electron chi connectivity index (χ3n) is 3.72. The van der Waals surface area contributed by atoms with Crippen molar-refractivity contribution < 1.29 is 4.79 Å². The molecular weight excluding hydrogens is 314 g/mol. The molecule has 0 radical (unpaired) electrons. The van der Waals surface area contributed by atoms with Gasteiger partial charge in [-0.05, 0) is 37.9 Å². The molecule has 0 aliphatic rings. The molecule has 2 heterocycles. The van der Waals surface area contributed by atoms with Gasteiger partial charge in [0.1, 0.15) is 0 Å². The van der Waals surface area contributed by atoms with Crippen molar-refractivity contribution in [1.29, 1.82) is 0 Å². The molecule has 1 N–H and O–H groups in total. The van der Waals surface area contributed by atoms with Gasteiger partial charge in [0.05, 0.1) is 23.3 Å². The number of amides is 1. The van der Waals surface area contributed by atoms with Gasteiger partial charge in [0.15, 0.2) is 0 Å². The molecule has 0 bridgehead atoms. The number of para-hydroxylation sites is 1. The third kappa shape index (κ3) is 4.30. The van der Waals surface area contributed by atoms with Gasteiger partial charge in [-0.15, -0.1) is 0 Å². The van der Waals surface area contributed by atoms with Crippen LogP contribution in [0.2, 0.25) is 0 Å². The monoisotopic (exact) mass is 335 g/mol. The highest BCUT2D eigenvalue weighted by atomic mass is 16.1. The van der Waals surface area contributed by atoms with E-state index in [1.54, 1.807) is 18.7 Å². The van der Waals surface area contributed by atoms with E-state index >= 15 is 0 Å². The highest BCUT2D eigenvalue weighted by Gasteiger charge is 2.13. The van der Waals surface area contributed by atoms with E-state index in [2.05, 4.69) is 20.2 Å². The van der Waals surface area contributed by atoms with E-state index in [4.69, 9.17) is 0 Å². The molecule has 3 rings (SSSR count). The predicted molar refractivity (Wildman–Crippen MR) is 96.4 cm³/mol. The average molecular weight is 335 g/mol. The highest BCUT2D eigenvalue weighted by molar-refractivity contribution is 5.97. The molecule has 0 unspecified atom stereocenters. The van der Waals surface area contributed by atoms with Crippen LogP contribution in [0.4, 0.5) is 0 Å². The molecule has 6 nitrogen and oxygen atoms in total. The lowest BCUT2D eigenvalue weighted by atomic mass is 10.1. The summed E-state index contributed by atoms with van der Waals surface area (Å²) >= 11 is 0. The Hall–Kier alpha value is -2.99. The summed E-state index contributed by atoms with van der Waals surface area (Å²) < 4.78 is 1.89. The lowest BCUT2D eigenvalue weighted by Crippen LogP contribution is -2.24. The standard InChI is InChI=1S/C19H21N5O/c1-23(2)12-16-13-24(14-22-16)18-8-4-3-7-17(18)19(25)21-11-15-6-5-9-20-10-15/h3-10,13-14H,11-12H2,1-2H3,(H,21,25). The molecule has 3 aromatic rings. The first kappa shape index (κ1) is 16.9. The van der Waals surface area contributed by atoms with E-state index in [-0.39, 0.29) is 5.91 Å². The van der Waals surface area contributed by atoms with Gasteiger partial charge in [0.25, 0.3) is 5.91 Å². The van der Waals surface area contributed by atoms with Crippen LogP contribution in [0.1, 0.15) is 21.6 Å². The maximum atomic E-state index is 12.6. The molecule has 0 saturated heterocycles. The number of benzene rings is 1. The number of nitrogens with one attached hydrogen (secondary N) is 1. The third-order valence-corrected chi connectivity index (χ3v) is 3.72. The van der Waals surface area contributed by atoms with Gasteiger partial charge in [0.2, 0.25) is 0 Å². The Morgan fingerprint density at radius 1 is 1.20 bits per heavy atom. The Bertz CT molecular complexity index is 842. The zero-order valence-corrected chi connectivity index (χ0v) is 14.4. The van der Waals surface area contributed by atoms with Crippen molar-refractivity contribution in [1.82, 2.24) is 24.8 Å². The van der Waals surface area contributed by atoms with Gasteiger partial charge < -0.3 is 14.8 Å². The summed E-state index contributed by atoms with van der Waals surface area (Å²) in [6.07, 6.45) is 7.15. The molecule has 0 aliphatic heterocycles. The fourth-order valence-electron chi connectivity index (χ4n) is 2.57. The molecule has 25 heavy (non-hydrogen) atoms. The summed E-state index contributed by atoms with van der Waals surface area (Å²) in [6.45, 7) is 1.19. The molecule has 1 amide bonds. The SMILES string of the molecule is CN(C)Cc1cn(-c2ccccc2C(=O)NCc2cccnc2)cn1. The second kappa shape index (κ2) is 7.72. The molecule has 0 fully saturated rings. The van der Waals surface area contributed by atoms with Crippen molar-refractivity contribution in [3.05, 3.63) is 78.1 Å². The minimum atomic E-state index is -0.123. The molecule has 0 atom stereocenters. The topological polar surface area (TPSA) is 63.1 Å². The van der Waals surface area contributed by atoms with Gasteiger partial charge in [-0.2, -0.15) is 0 Å². The van der Waals surface area contributed by atoms with Gasteiger partial charge in [-0.3, -0.25) is 9.78 Å². The van der Waals surface area contributed by atoms with Crippen LogP contribution in [-0.4, -0.2) is 39.4 Å². The fraction of sp³-hybridized carbons (Fsp3) is 0.211. The van der Waals surface area contributed by atoms with Crippen molar-refractivity contribution in [3.63, 3.8) is 0 Å². The fourth-order valence-corrected chi connectivity index (χ4v) is 2.57. The first-order chi connectivity index (χ1) is 12.1. The van der Waals surface area contributed by atoms with Crippen LogP contribution in [0, 0.1) is 0 Å². The van der Waals surface area contributed by atoms with Crippen molar-refractivity contribution in [2.75, 3.05) is 14.1 Å². The first-order valence-corrected chi connectivity index (χ1v) is 8.07. The Labute approximate surface area is 147 Å². The van der Waals surface area contributed by atoms with Crippen molar-refractivity contribution in [3.8, 4) is 5.69 Å². The van der Waals surface area contributed by atoms with Crippen LogP contribution >= 0.6 is 0 Å². The molecule has 6 heteroatoms. The number of pyridine rings is 1. The van der Waals surface area contributed by atoms with Crippen LogP contribution < -0.4 is 5.32 Å². The molecule has 0 aliphatic carbocycles. The van der Waals surface area contributed by atoms with E-state index in [1.165, 1.54) is 0 Å². The normalized spacial score (nSPS) is 10.8. The maximum Gasteiger partial charge on any atom is 0.253 e. The summed E-state index contributed by atoms with van der Waals surface area (Å²) in [6, 6.07) is 11.3. The number of carbonyl (C=O) groups excluding carboxylic acids is 1. The smallest absolute Gasteiger partial charge is 0.253 e. The number of hydrogen-bond donors (Lipinski definition) is 1. The van der Waals surface area contributed by atoms with E-state index < -0.39 is 0 Å². The predicted octanol–water partition coefficient (Wildman–Crippen LogP) is 2.26. The van der Waals surface area contributed by atoms with Gasteiger partial charge in [0, 0.05) is 31.7 Å². The molecule has 0 saturated carbocycles. The van der Waals surface area contributed by atoms with Crippen LogP contribution in [-0.2, 0) is 13.1 Å². The molecular formula is C19H21N5O. The van der Waals surface area contributed by atoms with Crippen molar-refractivity contribution in [2.45, 2.75) is 13.1 Å². The van der Waals surface area contributed by atoms with Crippen LogP contribution in [0.5, 0.6) is 0 Å². The van der Waals surface area contributed by atoms with Crippen LogP contribution in [0.25, 0.3) is 5.69 Å². The second-order valence-electron chi connectivity index (χ2n) is 6.07. The average Bonchev–Trinajstić information content (AvgIpc) is 3.08. The summed E-state index contributed by atoms with van der Waals surface area (Å²) in [5.41, 5.74) is 3.34. The van der Waals surface area contributed by atoms with Gasteiger partial charge in [-0.1, -0.05) is 18.2 Å². The summed E-state index contributed by atoms with van der Waals surface area (Å²) in [4.78, 5) is 23.1. The lowest BCUT2D eigenvalue weighted by molar-refractivity contribution is 0.0951. The van der Waals surface area contributed by atoms with E-state index in [0.29, 0.717) is 12.1 Å². The van der Waals surface area contributed by atoms with E-state index in [9.17, 15) is 4.79 Å². The number of nitrogens with zero attached hydrogens (tertiary/aromatic N) is 4. The molecule has 0 spiro atoms. The zero-order valence-electron chi connectivity index (χ0n) is 14.4. The Kier molecular flexibility index (Phi) is 5.20. The summed E-state index contributed by atoms with van der Waals surface area (Å²) in [5, 5.41) is 2.94. The van der Waals surface area contributed by atoms with Gasteiger partial charge >= 0.3 is 0 Å². The Balaban J connectivity index is 1.78. The van der Waals surface area contributed by atoms with E-state index in [1.807, 2.05) is 61.3 Å². The lowest BCUT2D eigenvalue weighted by Gasteiger charge is -2.11. The zero-order chi connectivity index (χ0) is 17.6. The number of carbonyl (C=O) groups is 1. The number of imidazole rings is 1. The number of aromatic nitrogens is 3. The summed E-state index contributed by atoms with van der Waals surface area (Å²) in [7, 11) is 4.00. The Morgan fingerprint density at radius 2 is 2.04 bits per heavy atom. The minimum absolute atomic E-state index is 0.123. The second-order valence-corrected chi connectivity index (χ2v) is 6.07. The first-order valence-electron chi connectivity index (χ1n) is 8.07. The largest absolute Gasteiger partial charge is 0.348 e. The minimum Gasteiger partial charge on any atom is -0.348 e.